The minimum atomic E-state index is -0.163. The predicted molar refractivity (Wildman–Crippen MR) is 129 cm³/mol. The molecule has 0 amide bonds. The largest absolute Gasteiger partial charge is 0.455 e. The Labute approximate surface area is 191 Å². The number of furan rings is 1. The molecule has 2 aromatic carbocycles. The van der Waals surface area contributed by atoms with E-state index in [2.05, 4.69) is 5.10 Å². The maximum absolute atomic E-state index is 13.3. The van der Waals surface area contributed by atoms with E-state index in [0.29, 0.717) is 28.0 Å². The summed E-state index contributed by atoms with van der Waals surface area (Å²) < 4.78 is 7.38. The van der Waals surface area contributed by atoms with E-state index in [-0.39, 0.29) is 17.3 Å². The van der Waals surface area contributed by atoms with Crippen molar-refractivity contribution < 1.29 is 9.21 Å². The average molecular weight is 440 g/mol. The molecule has 0 radical (unpaired) electrons. The highest BCUT2D eigenvalue weighted by atomic mass is 16.3. The van der Waals surface area contributed by atoms with Crippen molar-refractivity contribution in [1.82, 2.24) is 9.66 Å². The molecule has 1 saturated carbocycles. The first-order valence-electron chi connectivity index (χ1n) is 11.4. The van der Waals surface area contributed by atoms with Crippen LogP contribution < -0.4 is 5.56 Å². The van der Waals surface area contributed by atoms with Gasteiger partial charge in [-0.1, -0.05) is 55.7 Å². The third kappa shape index (κ3) is 4.29. The normalized spacial score (nSPS) is 14.8. The van der Waals surface area contributed by atoms with E-state index in [4.69, 9.17) is 9.40 Å². The molecule has 166 valence electrons. The second kappa shape index (κ2) is 8.98. The van der Waals surface area contributed by atoms with Crippen molar-refractivity contribution in [3.63, 3.8) is 0 Å². The van der Waals surface area contributed by atoms with Crippen molar-refractivity contribution in [3.05, 3.63) is 88.2 Å². The molecule has 6 nitrogen and oxygen atoms in total. The fourth-order valence-electron chi connectivity index (χ4n) is 4.44. The lowest BCUT2D eigenvalue weighted by Gasteiger charge is -2.22. The fourth-order valence-corrected chi connectivity index (χ4v) is 4.44. The Hall–Kier alpha value is -3.80. The lowest BCUT2D eigenvalue weighted by atomic mass is 9.88. The van der Waals surface area contributed by atoms with E-state index in [9.17, 15) is 9.59 Å². The minimum absolute atomic E-state index is 0.0250. The van der Waals surface area contributed by atoms with Crippen LogP contribution in [-0.4, -0.2) is 21.7 Å². The number of carbonyl (C=O) groups excluding carboxylic acids is 1. The smallest absolute Gasteiger partial charge is 0.282 e. The van der Waals surface area contributed by atoms with Crippen LogP contribution in [0.1, 0.15) is 66.9 Å². The van der Waals surface area contributed by atoms with Crippen molar-refractivity contribution in [3.8, 4) is 11.3 Å². The summed E-state index contributed by atoms with van der Waals surface area (Å²) in [4.78, 5) is 29.6. The molecule has 2 aromatic heterocycles. The Kier molecular flexibility index (Phi) is 5.73. The van der Waals surface area contributed by atoms with Crippen LogP contribution in [0.15, 0.2) is 75.0 Å². The van der Waals surface area contributed by atoms with Gasteiger partial charge in [-0.3, -0.25) is 9.59 Å². The Morgan fingerprint density at radius 3 is 2.55 bits per heavy atom. The number of hydrogen-bond acceptors (Lipinski definition) is 5. The monoisotopic (exact) mass is 439 g/mol. The van der Waals surface area contributed by atoms with E-state index in [0.717, 1.165) is 37.1 Å². The molecule has 4 aromatic rings. The molecule has 5 rings (SSSR count). The molecule has 2 heterocycles. The number of Topliss-reactive ketones (excluding diaryl/α,β-unsaturated/α-hetero) is 1. The van der Waals surface area contributed by atoms with Crippen LogP contribution in [0.2, 0.25) is 0 Å². The molecule has 1 aliphatic rings. The van der Waals surface area contributed by atoms with Crippen LogP contribution in [0, 0.1) is 0 Å². The molecule has 1 aliphatic carbocycles. The van der Waals surface area contributed by atoms with Gasteiger partial charge in [0.25, 0.3) is 5.56 Å². The molecular formula is C27H25N3O3. The van der Waals surface area contributed by atoms with Crippen molar-refractivity contribution in [2.45, 2.75) is 44.9 Å². The number of fused-ring (bicyclic) bond motifs is 1. The lowest BCUT2D eigenvalue weighted by Crippen LogP contribution is -2.25. The summed E-state index contributed by atoms with van der Waals surface area (Å²) in [6.45, 7) is 1.54. The van der Waals surface area contributed by atoms with Crippen LogP contribution in [0.25, 0.3) is 22.2 Å². The molecule has 0 bridgehead atoms. The van der Waals surface area contributed by atoms with Crippen molar-refractivity contribution in [2.24, 2.45) is 5.10 Å². The first-order chi connectivity index (χ1) is 16.1. The lowest BCUT2D eigenvalue weighted by molar-refractivity contribution is 0.101. The number of para-hydroxylation sites is 1. The van der Waals surface area contributed by atoms with Gasteiger partial charge in [0.15, 0.2) is 5.78 Å². The maximum atomic E-state index is 13.3. The zero-order chi connectivity index (χ0) is 22.8. The zero-order valence-electron chi connectivity index (χ0n) is 18.5. The molecule has 0 spiro atoms. The van der Waals surface area contributed by atoms with Gasteiger partial charge in [-0.05, 0) is 44.0 Å². The topological polar surface area (TPSA) is 77.5 Å². The summed E-state index contributed by atoms with van der Waals surface area (Å²) in [6, 6.07) is 18.4. The highest BCUT2D eigenvalue weighted by Gasteiger charge is 2.22. The van der Waals surface area contributed by atoms with E-state index in [1.165, 1.54) is 11.1 Å². The summed E-state index contributed by atoms with van der Waals surface area (Å²) in [5.74, 6) is 2.18. The maximum Gasteiger partial charge on any atom is 0.282 e. The van der Waals surface area contributed by atoms with Crippen LogP contribution in [0.4, 0.5) is 0 Å². The SMILES string of the molecule is CC(=O)c1ccc(-c2ccc(C=Nn3c(C4CCCCC4)nc4ccccc4c3=O)o2)cc1. The van der Waals surface area contributed by atoms with Crippen LogP contribution >= 0.6 is 0 Å². The van der Waals surface area contributed by atoms with Gasteiger partial charge in [-0.25, -0.2) is 4.98 Å². The molecule has 0 unspecified atom stereocenters. The van der Waals surface area contributed by atoms with E-state index < -0.39 is 0 Å². The number of carbonyl (C=O) groups is 1. The predicted octanol–water partition coefficient (Wildman–Crippen LogP) is 5.79. The van der Waals surface area contributed by atoms with E-state index in [1.54, 1.807) is 31.3 Å². The van der Waals surface area contributed by atoms with Crippen molar-refractivity contribution in [2.75, 3.05) is 0 Å². The second-order valence-corrected chi connectivity index (χ2v) is 8.52. The Balaban J connectivity index is 1.50. The summed E-state index contributed by atoms with van der Waals surface area (Å²) in [7, 11) is 0. The number of hydrogen-bond donors (Lipinski definition) is 0. The average Bonchev–Trinajstić information content (AvgIpc) is 3.33. The number of nitrogens with zero attached hydrogens (tertiary/aromatic N) is 3. The summed E-state index contributed by atoms with van der Waals surface area (Å²) in [5, 5.41) is 5.08. The molecule has 0 atom stereocenters. The van der Waals surface area contributed by atoms with Crippen LogP contribution in [-0.2, 0) is 0 Å². The van der Waals surface area contributed by atoms with E-state index >= 15 is 0 Å². The zero-order valence-corrected chi connectivity index (χ0v) is 18.5. The number of ketones is 1. The second-order valence-electron chi connectivity index (χ2n) is 8.52. The van der Waals surface area contributed by atoms with Gasteiger partial charge >= 0.3 is 0 Å². The highest BCUT2D eigenvalue weighted by molar-refractivity contribution is 5.94. The summed E-state index contributed by atoms with van der Waals surface area (Å²) in [6.07, 6.45) is 7.10. The molecule has 0 aliphatic heterocycles. The first-order valence-corrected chi connectivity index (χ1v) is 11.4. The third-order valence-corrected chi connectivity index (χ3v) is 6.25. The molecular weight excluding hydrogens is 414 g/mol. The quantitative estimate of drug-likeness (QED) is 0.291. The van der Waals surface area contributed by atoms with Crippen LogP contribution in [0.5, 0.6) is 0 Å². The number of aromatic nitrogens is 2. The van der Waals surface area contributed by atoms with Gasteiger partial charge in [0.05, 0.1) is 17.1 Å². The molecule has 33 heavy (non-hydrogen) atoms. The Morgan fingerprint density at radius 2 is 1.79 bits per heavy atom. The number of rotatable bonds is 5. The van der Waals surface area contributed by atoms with Crippen LogP contribution in [0.3, 0.4) is 0 Å². The Morgan fingerprint density at radius 1 is 1.03 bits per heavy atom. The third-order valence-electron chi connectivity index (χ3n) is 6.25. The first kappa shape index (κ1) is 21.1. The molecule has 1 fully saturated rings. The minimum Gasteiger partial charge on any atom is -0.455 e. The Bertz CT molecular complexity index is 1390. The highest BCUT2D eigenvalue weighted by Crippen LogP contribution is 2.31. The summed E-state index contributed by atoms with van der Waals surface area (Å²) >= 11 is 0. The van der Waals surface area contributed by atoms with Gasteiger partial charge < -0.3 is 4.42 Å². The fraction of sp³-hybridized carbons (Fsp3) is 0.259. The molecule has 0 saturated heterocycles. The van der Waals surface area contributed by atoms with Crippen molar-refractivity contribution >= 4 is 22.9 Å². The summed E-state index contributed by atoms with van der Waals surface area (Å²) in [5.41, 5.74) is 2.07. The van der Waals surface area contributed by atoms with Gasteiger partial charge in [0, 0.05) is 17.0 Å². The molecule has 0 N–H and O–H groups in total. The number of benzene rings is 2. The van der Waals surface area contributed by atoms with Crippen molar-refractivity contribution in [1.29, 1.82) is 0 Å². The van der Waals surface area contributed by atoms with Gasteiger partial charge in [0.2, 0.25) is 0 Å². The van der Waals surface area contributed by atoms with Gasteiger partial charge in [-0.2, -0.15) is 9.78 Å². The van der Waals surface area contributed by atoms with Gasteiger partial charge in [-0.15, -0.1) is 0 Å². The standard InChI is InChI=1S/C27H25N3O3/c1-18(31)19-11-13-20(14-12-19)25-16-15-22(33-25)17-28-30-26(21-7-3-2-4-8-21)29-24-10-6-5-9-23(24)27(30)32/h5-6,9-17,21H,2-4,7-8H2,1H3. The van der Waals surface area contributed by atoms with Gasteiger partial charge in [0.1, 0.15) is 17.3 Å². The van der Waals surface area contributed by atoms with E-state index in [1.807, 2.05) is 42.5 Å². The molecule has 6 heteroatoms.